The average molecular weight is 190 g/mol. The predicted octanol–water partition coefficient (Wildman–Crippen LogP) is 2.38. The molecule has 0 unspecified atom stereocenters. The minimum atomic E-state index is -0.0324. The number of carbonyl (C=O) groups is 1. The zero-order valence-electron chi connectivity index (χ0n) is 8.04. The van der Waals surface area contributed by atoms with Gasteiger partial charge in [0.2, 0.25) is 5.91 Å². The first-order valence-corrected chi connectivity index (χ1v) is 4.53. The Bertz CT molecular complexity index is 167. The lowest BCUT2D eigenvalue weighted by Gasteiger charge is -2.29. The first-order valence-electron chi connectivity index (χ1n) is 4.09. The maximum atomic E-state index is 11.4. The lowest BCUT2D eigenvalue weighted by atomic mass is 10.2. The number of halogens is 1. The maximum absolute atomic E-state index is 11.4. The molecule has 2 nitrogen and oxygen atoms in total. The molecule has 0 atom stereocenters. The van der Waals surface area contributed by atoms with Gasteiger partial charge in [-0.2, -0.15) is 0 Å². The van der Waals surface area contributed by atoms with Gasteiger partial charge < -0.3 is 4.90 Å². The molecular formula is C9H16ClNO. The van der Waals surface area contributed by atoms with E-state index in [0.717, 1.165) is 0 Å². The van der Waals surface area contributed by atoms with Crippen LogP contribution in [0.1, 0.15) is 27.7 Å². The van der Waals surface area contributed by atoms with Crippen LogP contribution in [0.4, 0.5) is 0 Å². The molecule has 0 aromatic carbocycles. The lowest BCUT2D eigenvalue weighted by Crippen LogP contribution is -2.41. The molecule has 0 bridgehead atoms. The van der Waals surface area contributed by atoms with Crippen molar-refractivity contribution < 1.29 is 4.79 Å². The Morgan fingerprint density at radius 1 is 1.25 bits per heavy atom. The van der Waals surface area contributed by atoms with Gasteiger partial charge in [0, 0.05) is 23.7 Å². The molecule has 0 rings (SSSR count). The first-order chi connectivity index (χ1) is 5.50. The third-order valence-electron chi connectivity index (χ3n) is 1.57. The summed E-state index contributed by atoms with van der Waals surface area (Å²) >= 11 is 5.32. The van der Waals surface area contributed by atoms with Crippen molar-refractivity contribution in [3.63, 3.8) is 0 Å². The van der Waals surface area contributed by atoms with Crippen LogP contribution in [-0.2, 0) is 4.79 Å². The van der Waals surface area contributed by atoms with Gasteiger partial charge in [0.05, 0.1) is 0 Å². The Labute approximate surface area is 79.2 Å². The molecule has 0 aliphatic rings. The van der Waals surface area contributed by atoms with E-state index in [1.165, 1.54) is 11.6 Å². The fourth-order valence-corrected chi connectivity index (χ4v) is 1.35. The molecule has 0 heterocycles. The normalized spacial score (nSPS) is 11.6. The second-order valence-electron chi connectivity index (χ2n) is 3.23. The number of nitrogens with zero attached hydrogens (tertiary/aromatic N) is 1. The van der Waals surface area contributed by atoms with Crippen molar-refractivity contribution >= 4 is 17.5 Å². The van der Waals surface area contributed by atoms with Gasteiger partial charge in [0.25, 0.3) is 0 Å². The van der Waals surface area contributed by atoms with Crippen LogP contribution in [0.5, 0.6) is 0 Å². The average Bonchev–Trinajstić information content (AvgIpc) is 1.85. The molecule has 12 heavy (non-hydrogen) atoms. The summed E-state index contributed by atoms with van der Waals surface area (Å²) in [7, 11) is 0. The van der Waals surface area contributed by atoms with Crippen LogP contribution < -0.4 is 0 Å². The summed E-state index contributed by atoms with van der Waals surface area (Å²) in [5.41, 5.74) is 1.25. The van der Waals surface area contributed by atoms with Crippen molar-refractivity contribution in [1.29, 1.82) is 0 Å². The molecule has 0 aliphatic heterocycles. The summed E-state index contributed by atoms with van der Waals surface area (Å²) in [4.78, 5) is 13.2. The van der Waals surface area contributed by atoms with Gasteiger partial charge in [-0.3, -0.25) is 4.79 Å². The Hall–Kier alpha value is -0.500. The fraction of sp³-hybridized carbons (Fsp3) is 0.667. The van der Waals surface area contributed by atoms with E-state index in [-0.39, 0.29) is 18.0 Å². The second kappa shape index (κ2) is 5.20. The van der Waals surface area contributed by atoms with Crippen molar-refractivity contribution in [2.24, 2.45) is 0 Å². The molecule has 0 N–H and O–H groups in total. The Kier molecular flexibility index (Phi) is 4.98. The number of amides is 1. The minimum absolute atomic E-state index is 0.0324. The molecule has 3 heteroatoms. The second-order valence-corrected chi connectivity index (χ2v) is 3.48. The summed E-state index contributed by atoms with van der Waals surface area (Å²) in [6.45, 7) is 7.94. The van der Waals surface area contributed by atoms with Gasteiger partial charge in [0.1, 0.15) is 0 Å². The van der Waals surface area contributed by atoms with E-state index in [4.69, 9.17) is 11.6 Å². The topological polar surface area (TPSA) is 20.3 Å². The van der Waals surface area contributed by atoms with E-state index in [1.807, 2.05) is 27.7 Å². The van der Waals surface area contributed by atoms with Gasteiger partial charge in [-0.1, -0.05) is 11.6 Å². The van der Waals surface area contributed by atoms with Crippen molar-refractivity contribution in [1.82, 2.24) is 4.90 Å². The number of hydrogen-bond acceptors (Lipinski definition) is 1. The van der Waals surface area contributed by atoms with Gasteiger partial charge in [-0.05, 0) is 27.7 Å². The summed E-state index contributed by atoms with van der Waals surface area (Å²) in [5, 5.41) is 0. The molecule has 0 aliphatic carbocycles. The van der Waals surface area contributed by atoms with E-state index in [0.29, 0.717) is 0 Å². The van der Waals surface area contributed by atoms with Crippen LogP contribution in [0.2, 0.25) is 0 Å². The molecule has 0 spiro atoms. The van der Waals surface area contributed by atoms with Crippen molar-refractivity contribution in [3.8, 4) is 0 Å². The fourth-order valence-electron chi connectivity index (χ4n) is 1.25. The maximum Gasteiger partial charge on any atom is 0.247 e. The molecule has 1 amide bonds. The Morgan fingerprint density at radius 3 is 1.92 bits per heavy atom. The minimum Gasteiger partial charge on any atom is -0.334 e. The number of rotatable bonds is 3. The molecule has 0 fully saturated rings. The van der Waals surface area contributed by atoms with Crippen LogP contribution in [-0.4, -0.2) is 22.9 Å². The highest BCUT2D eigenvalue weighted by Crippen LogP contribution is 2.06. The number of carbonyl (C=O) groups excluding carboxylic acids is 1. The molecule has 0 saturated heterocycles. The zero-order valence-corrected chi connectivity index (χ0v) is 8.80. The highest BCUT2D eigenvalue weighted by atomic mass is 35.5. The van der Waals surface area contributed by atoms with Crippen LogP contribution in [0, 0.1) is 0 Å². The highest BCUT2D eigenvalue weighted by Gasteiger charge is 2.16. The molecular weight excluding hydrogens is 174 g/mol. The molecule has 0 saturated carbocycles. The molecule has 0 radical (unpaired) electrons. The van der Waals surface area contributed by atoms with Gasteiger partial charge >= 0.3 is 0 Å². The number of hydrogen-bond donors (Lipinski definition) is 0. The van der Waals surface area contributed by atoms with Gasteiger partial charge in [-0.15, -0.1) is 0 Å². The SMILES string of the molecule is CC(C)N(C(=O)/C=C/Cl)C(C)C. The van der Waals surface area contributed by atoms with Crippen LogP contribution >= 0.6 is 11.6 Å². The molecule has 70 valence electrons. The highest BCUT2D eigenvalue weighted by molar-refractivity contribution is 6.26. The smallest absolute Gasteiger partial charge is 0.247 e. The summed E-state index contributed by atoms with van der Waals surface area (Å²) in [6.07, 6.45) is 1.38. The van der Waals surface area contributed by atoms with Gasteiger partial charge in [0.15, 0.2) is 0 Å². The van der Waals surface area contributed by atoms with E-state index >= 15 is 0 Å². The van der Waals surface area contributed by atoms with E-state index in [9.17, 15) is 4.79 Å². The van der Waals surface area contributed by atoms with E-state index < -0.39 is 0 Å². The van der Waals surface area contributed by atoms with Crippen LogP contribution in [0.15, 0.2) is 11.6 Å². The third-order valence-corrected chi connectivity index (χ3v) is 1.70. The largest absolute Gasteiger partial charge is 0.334 e. The molecule has 0 aromatic rings. The predicted molar refractivity (Wildman–Crippen MR) is 52.1 cm³/mol. The lowest BCUT2D eigenvalue weighted by molar-refractivity contribution is -0.129. The van der Waals surface area contributed by atoms with E-state index in [1.54, 1.807) is 4.90 Å². The Balaban J connectivity index is 4.40. The first kappa shape index (κ1) is 11.5. The summed E-state index contributed by atoms with van der Waals surface area (Å²) in [5.74, 6) is -0.0324. The van der Waals surface area contributed by atoms with Crippen molar-refractivity contribution in [3.05, 3.63) is 11.6 Å². The zero-order chi connectivity index (χ0) is 9.72. The summed E-state index contributed by atoms with van der Waals surface area (Å²) < 4.78 is 0. The standard InChI is InChI=1S/C9H16ClNO/c1-7(2)11(8(3)4)9(12)5-6-10/h5-8H,1-4H3/b6-5+. The third kappa shape index (κ3) is 3.26. The van der Waals surface area contributed by atoms with Crippen molar-refractivity contribution in [2.75, 3.05) is 0 Å². The van der Waals surface area contributed by atoms with Crippen molar-refractivity contribution in [2.45, 2.75) is 39.8 Å². The van der Waals surface area contributed by atoms with Crippen LogP contribution in [0.25, 0.3) is 0 Å². The Morgan fingerprint density at radius 2 is 1.67 bits per heavy atom. The quantitative estimate of drug-likeness (QED) is 0.625. The molecule has 0 aromatic heterocycles. The monoisotopic (exact) mass is 189 g/mol. The van der Waals surface area contributed by atoms with Gasteiger partial charge in [-0.25, -0.2) is 0 Å². The summed E-state index contributed by atoms with van der Waals surface area (Å²) in [6, 6.07) is 0.427. The van der Waals surface area contributed by atoms with Crippen LogP contribution in [0.3, 0.4) is 0 Å². The van der Waals surface area contributed by atoms with E-state index in [2.05, 4.69) is 0 Å².